The lowest BCUT2D eigenvalue weighted by molar-refractivity contribution is 0.475. The molecular weight excluding hydrogens is 356 g/mol. The number of hydrogen-bond donors (Lipinski definition) is 2. The maximum atomic E-state index is 10.6. The average molecular weight is 376 g/mol. The molecule has 5 aromatic carbocycles. The molecule has 2 nitrogen and oxygen atoms in total. The molecule has 0 atom stereocenters. The van der Waals surface area contributed by atoms with E-state index in [2.05, 4.69) is 36.4 Å². The van der Waals surface area contributed by atoms with Crippen molar-refractivity contribution in [2.75, 3.05) is 0 Å². The van der Waals surface area contributed by atoms with E-state index in [1.54, 1.807) is 18.2 Å². The molecule has 0 radical (unpaired) electrons. The Morgan fingerprint density at radius 3 is 1.62 bits per heavy atom. The Bertz CT molecular complexity index is 1280. The summed E-state index contributed by atoms with van der Waals surface area (Å²) >= 11 is 0. The van der Waals surface area contributed by atoms with E-state index in [0.29, 0.717) is 0 Å². The Kier molecular flexibility index (Phi) is 4.18. The van der Waals surface area contributed by atoms with E-state index >= 15 is 0 Å². The summed E-state index contributed by atoms with van der Waals surface area (Å²) in [6, 6.07) is 31.7. The van der Waals surface area contributed by atoms with E-state index in [1.807, 2.05) is 42.5 Å². The third kappa shape index (κ3) is 2.99. The zero-order valence-electron chi connectivity index (χ0n) is 15.8. The summed E-state index contributed by atoms with van der Waals surface area (Å²) in [6.07, 6.45) is 0.766. The Morgan fingerprint density at radius 1 is 0.517 bits per heavy atom. The van der Waals surface area contributed by atoms with Gasteiger partial charge in [0.05, 0.1) is 0 Å². The summed E-state index contributed by atoms with van der Waals surface area (Å²) in [5.74, 6) is 0.562. The lowest BCUT2D eigenvalue weighted by Gasteiger charge is -2.18. The molecule has 0 heterocycles. The van der Waals surface area contributed by atoms with Gasteiger partial charge in [-0.15, -0.1) is 0 Å². The van der Waals surface area contributed by atoms with E-state index in [-0.39, 0.29) is 11.5 Å². The molecule has 0 amide bonds. The molecule has 2 N–H and O–H groups in total. The van der Waals surface area contributed by atoms with Gasteiger partial charge in [0.1, 0.15) is 11.5 Å². The van der Waals surface area contributed by atoms with Crippen LogP contribution in [-0.2, 0) is 6.42 Å². The zero-order valence-corrected chi connectivity index (χ0v) is 15.8. The van der Waals surface area contributed by atoms with E-state index in [0.717, 1.165) is 33.9 Å². The highest BCUT2D eigenvalue weighted by molar-refractivity contribution is 6.15. The number of phenolic OH excluding ortho intramolecular Hbond substituents is 2. The minimum atomic E-state index is 0.276. The highest BCUT2D eigenvalue weighted by atomic mass is 16.3. The number of fused-ring (bicyclic) bond motifs is 2. The van der Waals surface area contributed by atoms with Crippen LogP contribution in [-0.4, -0.2) is 10.2 Å². The Morgan fingerprint density at radius 2 is 1.03 bits per heavy atom. The first kappa shape index (κ1) is 17.3. The fraction of sp³-hybridized carbons (Fsp3) is 0.0370. The van der Waals surface area contributed by atoms with Gasteiger partial charge in [-0.1, -0.05) is 78.9 Å². The van der Waals surface area contributed by atoms with Crippen LogP contribution in [0.4, 0.5) is 0 Å². The van der Waals surface area contributed by atoms with Crippen LogP contribution in [0.25, 0.3) is 32.7 Å². The minimum Gasteiger partial charge on any atom is -0.508 e. The highest BCUT2D eigenvalue weighted by Crippen LogP contribution is 2.42. The van der Waals surface area contributed by atoms with Gasteiger partial charge in [-0.05, 0) is 57.3 Å². The number of hydrogen-bond acceptors (Lipinski definition) is 2. The molecule has 0 aliphatic rings. The van der Waals surface area contributed by atoms with Crippen LogP contribution >= 0.6 is 0 Å². The Balaban J connectivity index is 1.86. The third-order valence-corrected chi connectivity index (χ3v) is 5.53. The van der Waals surface area contributed by atoms with Crippen molar-refractivity contribution in [1.82, 2.24) is 0 Å². The van der Waals surface area contributed by atoms with Crippen LogP contribution in [0.3, 0.4) is 0 Å². The van der Waals surface area contributed by atoms with Crippen LogP contribution in [0.15, 0.2) is 97.1 Å². The predicted octanol–water partition coefficient (Wildman–Crippen LogP) is 6.66. The van der Waals surface area contributed by atoms with Crippen molar-refractivity contribution in [3.8, 4) is 22.6 Å². The molecule has 0 unspecified atom stereocenters. The van der Waals surface area contributed by atoms with Gasteiger partial charge in [-0.3, -0.25) is 0 Å². The summed E-state index contributed by atoms with van der Waals surface area (Å²) in [6.45, 7) is 0. The first-order chi connectivity index (χ1) is 14.2. The molecule has 0 aliphatic heterocycles. The quantitative estimate of drug-likeness (QED) is 0.346. The van der Waals surface area contributed by atoms with Crippen molar-refractivity contribution in [3.05, 3.63) is 108 Å². The van der Waals surface area contributed by atoms with Crippen molar-refractivity contribution >= 4 is 21.5 Å². The highest BCUT2D eigenvalue weighted by Gasteiger charge is 2.17. The van der Waals surface area contributed by atoms with Gasteiger partial charge in [-0.25, -0.2) is 0 Å². The first-order valence-corrected chi connectivity index (χ1v) is 9.71. The maximum Gasteiger partial charge on any atom is 0.123 e. The van der Waals surface area contributed by atoms with E-state index in [1.165, 1.54) is 16.3 Å². The predicted molar refractivity (Wildman–Crippen MR) is 119 cm³/mol. The van der Waals surface area contributed by atoms with Crippen LogP contribution in [0.1, 0.15) is 11.1 Å². The molecule has 0 fully saturated rings. The normalized spacial score (nSPS) is 11.2. The molecule has 2 heteroatoms. The number of rotatable bonds is 3. The fourth-order valence-electron chi connectivity index (χ4n) is 4.20. The lowest BCUT2D eigenvalue weighted by atomic mass is 9.86. The van der Waals surface area contributed by atoms with E-state index < -0.39 is 0 Å². The largest absolute Gasteiger partial charge is 0.508 e. The maximum absolute atomic E-state index is 10.6. The van der Waals surface area contributed by atoms with Crippen molar-refractivity contribution in [2.45, 2.75) is 6.42 Å². The number of para-hydroxylation sites is 1. The fourth-order valence-corrected chi connectivity index (χ4v) is 4.20. The molecule has 0 saturated carbocycles. The summed E-state index contributed by atoms with van der Waals surface area (Å²) in [7, 11) is 0. The summed E-state index contributed by atoms with van der Waals surface area (Å²) < 4.78 is 0. The van der Waals surface area contributed by atoms with Crippen molar-refractivity contribution in [2.24, 2.45) is 0 Å². The summed E-state index contributed by atoms with van der Waals surface area (Å²) in [5, 5.41) is 24.8. The lowest BCUT2D eigenvalue weighted by Crippen LogP contribution is -1.95. The zero-order chi connectivity index (χ0) is 19.8. The second kappa shape index (κ2) is 6.99. The number of benzene rings is 5. The van der Waals surface area contributed by atoms with Crippen LogP contribution < -0.4 is 0 Å². The van der Waals surface area contributed by atoms with Gasteiger partial charge >= 0.3 is 0 Å². The van der Waals surface area contributed by atoms with Gasteiger partial charge in [0, 0.05) is 11.1 Å². The average Bonchev–Trinajstić information content (AvgIpc) is 2.76. The van der Waals surface area contributed by atoms with Crippen molar-refractivity contribution in [1.29, 1.82) is 0 Å². The molecule has 5 aromatic rings. The molecule has 140 valence electrons. The van der Waals surface area contributed by atoms with Crippen molar-refractivity contribution in [3.63, 3.8) is 0 Å². The summed E-state index contributed by atoms with van der Waals surface area (Å²) in [5.41, 5.74) is 4.30. The number of phenols is 2. The standard InChI is InChI=1S/C27H20O2/c28-19-15-13-18(14-16-19)17-25-20-7-1-3-9-22(20)27(23-10-4-2-8-21(23)25)24-11-5-6-12-26(24)29/h1-16,28-29H,17H2. The first-order valence-electron chi connectivity index (χ1n) is 9.71. The van der Waals surface area contributed by atoms with Gasteiger partial charge in [0.15, 0.2) is 0 Å². The van der Waals surface area contributed by atoms with Gasteiger partial charge < -0.3 is 10.2 Å². The molecular formula is C27H20O2. The van der Waals surface area contributed by atoms with Crippen LogP contribution in [0.5, 0.6) is 11.5 Å². The molecule has 0 aromatic heterocycles. The molecule has 0 saturated heterocycles. The third-order valence-electron chi connectivity index (χ3n) is 5.53. The Hall–Kier alpha value is -3.78. The second-order valence-electron chi connectivity index (χ2n) is 7.31. The van der Waals surface area contributed by atoms with E-state index in [4.69, 9.17) is 0 Å². The van der Waals surface area contributed by atoms with Crippen LogP contribution in [0, 0.1) is 0 Å². The van der Waals surface area contributed by atoms with Crippen LogP contribution in [0.2, 0.25) is 0 Å². The second-order valence-corrected chi connectivity index (χ2v) is 7.31. The monoisotopic (exact) mass is 376 g/mol. The number of aromatic hydroxyl groups is 2. The molecule has 5 rings (SSSR count). The van der Waals surface area contributed by atoms with E-state index in [9.17, 15) is 10.2 Å². The SMILES string of the molecule is Oc1ccc(Cc2c3ccccc3c(-c3ccccc3O)c3ccccc23)cc1. The topological polar surface area (TPSA) is 40.5 Å². The van der Waals surface area contributed by atoms with Gasteiger partial charge in [0.25, 0.3) is 0 Å². The molecule has 0 aliphatic carbocycles. The van der Waals surface area contributed by atoms with Gasteiger partial charge in [-0.2, -0.15) is 0 Å². The molecule has 0 spiro atoms. The molecule has 0 bridgehead atoms. The Labute approximate surface area is 169 Å². The van der Waals surface area contributed by atoms with Gasteiger partial charge in [0.2, 0.25) is 0 Å². The van der Waals surface area contributed by atoms with Crippen molar-refractivity contribution < 1.29 is 10.2 Å². The molecule has 29 heavy (non-hydrogen) atoms. The summed E-state index contributed by atoms with van der Waals surface area (Å²) in [4.78, 5) is 0. The smallest absolute Gasteiger partial charge is 0.123 e. The minimum absolute atomic E-state index is 0.276.